The molecular formula is C16H26ClFN2. The molecule has 1 rings (SSSR count). The van der Waals surface area contributed by atoms with Crippen LogP contribution in [0.25, 0.3) is 0 Å². The Morgan fingerprint density at radius 3 is 2.50 bits per heavy atom. The summed E-state index contributed by atoms with van der Waals surface area (Å²) in [6, 6.07) is 5.38. The van der Waals surface area contributed by atoms with Crippen LogP contribution < -0.4 is 5.32 Å². The van der Waals surface area contributed by atoms with Gasteiger partial charge in [-0.25, -0.2) is 4.39 Å². The van der Waals surface area contributed by atoms with Crippen molar-refractivity contribution >= 4 is 11.6 Å². The summed E-state index contributed by atoms with van der Waals surface area (Å²) in [7, 11) is 4.14. The molecule has 0 aromatic heterocycles. The van der Waals surface area contributed by atoms with Crippen molar-refractivity contribution in [2.45, 2.75) is 45.2 Å². The molecule has 2 nitrogen and oxygen atoms in total. The molecule has 0 aliphatic rings. The highest BCUT2D eigenvalue weighted by atomic mass is 35.5. The summed E-state index contributed by atoms with van der Waals surface area (Å²) in [4.78, 5) is 2.21. The topological polar surface area (TPSA) is 15.3 Å². The minimum Gasteiger partial charge on any atom is -0.312 e. The molecule has 2 unspecified atom stereocenters. The van der Waals surface area contributed by atoms with Crippen LogP contribution >= 0.6 is 11.6 Å². The maximum Gasteiger partial charge on any atom is 0.145 e. The van der Waals surface area contributed by atoms with Crippen LogP contribution in [-0.2, 0) is 6.42 Å². The summed E-state index contributed by atoms with van der Waals surface area (Å²) in [5.74, 6) is -0.297. The second kappa shape index (κ2) is 7.39. The molecule has 0 bridgehead atoms. The number of nitrogens with zero attached hydrogens (tertiary/aromatic N) is 1. The molecule has 1 aromatic carbocycles. The van der Waals surface area contributed by atoms with Crippen molar-refractivity contribution in [3.05, 3.63) is 34.6 Å². The van der Waals surface area contributed by atoms with Crippen molar-refractivity contribution in [1.82, 2.24) is 10.2 Å². The van der Waals surface area contributed by atoms with E-state index < -0.39 is 0 Å². The van der Waals surface area contributed by atoms with Gasteiger partial charge in [-0.15, -0.1) is 0 Å². The van der Waals surface area contributed by atoms with Gasteiger partial charge in [0.2, 0.25) is 0 Å². The predicted octanol–water partition coefficient (Wildman–Crippen LogP) is 3.73. The predicted molar refractivity (Wildman–Crippen MR) is 85.0 cm³/mol. The third-order valence-corrected chi connectivity index (χ3v) is 4.69. The van der Waals surface area contributed by atoms with Crippen molar-refractivity contribution in [1.29, 1.82) is 0 Å². The Labute approximate surface area is 127 Å². The van der Waals surface area contributed by atoms with E-state index in [0.717, 1.165) is 13.0 Å². The molecule has 4 heteroatoms. The third kappa shape index (κ3) is 3.72. The number of rotatable bonds is 7. The lowest BCUT2D eigenvalue weighted by atomic mass is 9.84. The Hall–Kier alpha value is -0.640. The van der Waals surface area contributed by atoms with E-state index in [-0.39, 0.29) is 22.4 Å². The molecule has 0 heterocycles. The Morgan fingerprint density at radius 1 is 1.35 bits per heavy atom. The van der Waals surface area contributed by atoms with E-state index in [2.05, 4.69) is 45.1 Å². The van der Waals surface area contributed by atoms with Gasteiger partial charge < -0.3 is 10.2 Å². The van der Waals surface area contributed by atoms with E-state index >= 15 is 0 Å². The summed E-state index contributed by atoms with van der Waals surface area (Å²) in [6.07, 6.45) is 1.61. The fourth-order valence-electron chi connectivity index (χ4n) is 2.56. The van der Waals surface area contributed by atoms with Crippen LogP contribution in [0.2, 0.25) is 5.02 Å². The molecule has 114 valence electrons. The minimum atomic E-state index is -0.297. The lowest BCUT2D eigenvalue weighted by Gasteiger charge is -2.43. The zero-order valence-electron chi connectivity index (χ0n) is 13.1. The molecule has 0 amide bonds. The minimum absolute atomic E-state index is 0.0369. The summed E-state index contributed by atoms with van der Waals surface area (Å²) in [5.41, 5.74) is 0.634. The number of benzene rings is 1. The Kier molecular flexibility index (Phi) is 6.44. The highest BCUT2D eigenvalue weighted by Gasteiger charge is 2.34. The molecule has 0 fully saturated rings. The molecule has 0 aliphatic heterocycles. The number of likely N-dealkylation sites (N-methyl/N-ethyl adjacent to an activating group) is 2. The van der Waals surface area contributed by atoms with Gasteiger partial charge in [-0.1, -0.05) is 37.6 Å². The number of hydrogen-bond donors (Lipinski definition) is 1. The highest BCUT2D eigenvalue weighted by Crippen LogP contribution is 2.26. The van der Waals surface area contributed by atoms with Gasteiger partial charge in [0.25, 0.3) is 0 Å². The summed E-state index contributed by atoms with van der Waals surface area (Å²) < 4.78 is 14.1. The SMILES string of the molecule is CCNC(Cc1cccc(Cl)c1F)C(C)(CC)N(C)C. The van der Waals surface area contributed by atoms with Crippen LogP contribution in [-0.4, -0.2) is 37.1 Å². The Morgan fingerprint density at radius 2 is 2.00 bits per heavy atom. The summed E-state index contributed by atoms with van der Waals surface area (Å²) in [5, 5.41) is 3.69. The zero-order valence-corrected chi connectivity index (χ0v) is 13.9. The van der Waals surface area contributed by atoms with Crippen LogP contribution in [0, 0.1) is 5.82 Å². The standard InChI is InChI=1S/C16H26ClFN2/c1-6-16(3,20(4)5)14(19-7-2)11-12-9-8-10-13(17)15(12)18/h8-10,14,19H,6-7,11H2,1-5H3. The zero-order chi connectivity index (χ0) is 15.3. The quantitative estimate of drug-likeness (QED) is 0.825. The van der Waals surface area contributed by atoms with Gasteiger partial charge in [0.15, 0.2) is 0 Å². The van der Waals surface area contributed by atoms with Crippen molar-refractivity contribution in [2.75, 3.05) is 20.6 Å². The average Bonchev–Trinajstić information content (AvgIpc) is 2.42. The van der Waals surface area contributed by atoms with Gasteiger partial charge in [0, 0.05) is 11.6 Å². The van der Waals surface area contributed by atoms with E-state index in [0.29, 0.717) is 12.0 Å². The first-order chi connectivity index (χ1) is 9.36. The maximum atomic E-state index is 14.1. The summed E-state index contributed by atoms with van der Waals surface area (Å²) >= 11 is 5.88. The van der Waals surface area contributed by atoms with Crippen molar-refractivity contribution < 1.29 is 4.39 Å². The first-order valence-corrected chi connectivity index (χ1v) is 7.58. The molecule has 0 aliphatic carbocycles. The van der Waals surface area contributed by atoms with E-state index in [1.54, 1.807) is 6.07 Å². The third-order valence-electron chi connectivity index (χ3n) is 4.39. The smallest absolute Gasteiger partial charge is 0.145 e. The highest BCUT2D eigenvalue weighted by molar-refractivity contribution is 6.30. The van der Waals surface area contributed by atoms with Gasteiger partial charge in [0.05, 0.1) is 5.02 Å². The molecule has 20 heavy (non-hydrogen) atoms. The lowest BCUT2D eigenvalue weighted by molar-refractivity contribution is 0.113. The van der Waals surface area contributed by atoms with Crippen LogP contribution in [0.1, 0.15) is 32.8 Å². The lowest BCUT2D eigenvalue weighted by Crippen LogP contribution is -2.57. The van der Waals surface area contributed by atoms with Crippen LogP contribution in [0.3, 0.4) is 0 Å². The molecule has 1 aromatic rings. The number of halogens is 2. The van der Waals surface area contributed by atoms with Gasteiger partial charge in [0.1, 0.15) is 5.82 Å². The fraction of sp³-hybridized carbons (Fsp3) is 0.625. The molecular weight excluding hydrogens is 275 g/mol. The van der Waals surface area contributed by atoms with Gasteiger partial charge >= 0.3 is 0 Å². The van der Waals surface area contributed by atoms with Crippen LogP contribution in [0.4, 0.5) is 4.39 Å². The monoisotopic (exact) mass is 300 g/mol. The molecule has 1 N–H and O–H groups in total. The Balaban J connectivity index is 3.06. The van der Waals surface area contributed by atoms with Gasteiger partial charge in [-0.3, -0.25) is 0 Å². The fourth-order valence-corrected chi connectivity index (χ4v) is 2.75. The van der Waals surface area contributed by atoms with Crippen molar-refractivity contribution in [2.24, 2.45) is 0 Å². The molecule has 0 saturated carbocycles. The Bertz CT molecular complexity index is 436. The van der Waals surface area contributed by atoms with Crippen LogP contribution in [0.15, 0.2) is 18.2 Å². The van der Waals surface area contributed by atoms with Gasteiger partial charge in [-0.2, -0.15) is 0 Å². The van der Waals surface area contributed by atoms with E-state index in [4.69, 9.17) is 11.6 Å². The van der Waals surface area contributed by atoms with Crippen LogP contribution in [0.5, 0.6) is 0 Å². The van der Waals surface area contributed by atoms with Gasteiger partial charge in [-0.05, 0) is 52.0 Å². The average molecular weight is 301 g/mol. The molecule has 0 spiro atoms. The number of hydrogen-bond acceptors (Lipinski definition) is 2. The van der Waals surface area contributed by atoms with E-state index in [9.17, 15) is 4.39 Å². The molecule has 0 radical (unpaired) electrons. The largest absolute Gasteiger partial charge is 0.312 e. The maximum absolute atomic E-state index is 14.1. The summed E-state index contributed by atoms with van der Waals surface area (Å²) in [6.45, 7) is 7.31. The van der Waals surface area contributed by atoms with Crippen molar-refractivity contribution in [3.8, 4) is 0 Å². The first kappa shape index (κ1) is 17.4. The first-order valence-electron chi connectivity index (χ1n) is 7.20. The normalized spacial score (nSPS) is 16.2. The van der Waals surface area contributed by atoms with Crippen molar-refractivity contribution in [3.63, 3.8) is 0 Å². The van der Waals surface area contributed by atoms with E-state index in [1.165, 1.54) is 0 Å². The second-order valence-electron chi connectivity index (χ2n) is 5.63. The molecule has 2 atom stereocenters. The van der Waals surface area contributed by atoms with E-state index in [1.807, 2.05) is 12.1 Å². The number of nitrogens with one attached hydrogen (secondary N) is 1. The molecule has 0 saturated heterocycles. The second-order valence-corrected chi connectivity index (χ2v) is 6.04.